The number of rotatable bonds is 5. The molecule has 124 valence electrons. The summed E-state index contributed by atoms with van der Waals surface area (Å²) in [6, 6.07) is 6.68. The van der Waals surface area contributed by atoms with Crippen LogP contribution >= 0.6 is 11.6 Å². The van der Waals surface area contributed by atoms with E-state index in [0.717, 1.165) is 5.56 Å². The second kappa shape index (κ2) is 7.10. The number of aromatic nitrogens is 2. The van der Waals surface area contributed by atoms with Crippen LogP contribution in [0.25, 0.3) is 11.4 Å². The van der Waals surface area contributed by atoms with Crippen LogP contribution in [-0.2, 0) is 16.1 Å². The summed E-state index contributed by atoms with van der Waals surface area (Å²) >= 11 is 5.86. The third kappa shape index (κ3) is 4.53. The number of hydrogen-bond donors (Lipinski definition) is 1. The molecular weight excluding hydrogens is 318 g/mol. The SMILES string of the molecule is COC(=O)[C@@H](NCc1nc(-c2ccc(Cl)cc2)no1)C(C)(C)C. The molecule has 0 bridgehead atoms. The molecule has 1 aromatic carbocycles. The largest absolute Gasteiger partial charge is 0.468 e. The molecule has 0 radical (unpaired) electrons. The van der Waals surface area contributed by atoms with Gasteiger partial charge < -0.3 is 9.26 Å². The highest BCUT2D eigenvalue weighted by Crippen LogP contribution is 2.21. The molecule has 2 rings (SSSR count). The molecule has 6 nitrogen and oxygen atoms in total. The summed E-state index contributed by atoms with van der Waals surface area (Å²) in [5, 5.41) is 7.69. The number of ether oxygens (including phenoxy) is 1. The molecule has 0 fully saturated rings. The predicted octanol–water partition coefficient (Wildman–Crippen LogP) is 3.07. The van der Waals surface area contributed by atoms with Gasteiger partial charge in [-0.15, -0.1) is 0 Å². The Bertz CT molecular complexity index is 662. The van der Waals surface area contributed by atoms with Crippen molar-refractivity contribution in [2.24, 2.45) is 5.41 Å². The average Bonchev–Trinajstić information content (AvgIpc) is 2.95. The molecule has 1 N–H and O–H groups in total. The molecule has 0 saturated carbocycles. The molecule has 23 heavy (non-hydrogen) atoms. The van der Waals surface area contributed by atoms with Crippen LogP contribution in [0.15, 0.2) is 28.8 Å². The van der Waals surface area contributed by atoms with E-state index >= 15 is 0 Å². The Morgan fingerprint density at radius 3 is 2.57 bits per heavy atom. The Hall–Kier alpha value is -1.92. The first kappa shape index (κ1) is 17.4. The average molecular weight is 338 g/mol. The van der Waals surface area contributed by atoms with Crippen molar-refractivity contribution in [3.05, 3.63) is 35.2 Å². The molecular formula is C16H20ClN3O3. The summed E-state index contributed by atoms with van der Waals surface area (Å²) in [6.07, 6.45) is 0. The van der Waals surface area contributed by atoms with Crippen LogP contribution in [-0.4, -0.2) is 29.3 Å². The van der Waals surface area contributed by atoms with Gasteiger partial charge in [-0.25, -0.2) is 0 Å². The minimum Gasteiger partial charge on any atom is -0.468 e. The molecule has 0 spiro atoms. The Labute approximate surface area is 140 Å². The summed E-state index contributed by atoms with van der Waals surface area (Å²) in [5.41, 5.74) is 0.510. The minimum atomic E-state index is -0.474. The number of nitrogens with zero attached hydrogens (tertiary/aromatic N) is 2. The normalized spacial score (nSPS) is 12.9. The lowest BCUT2D eigenvalue weighted by molar-refractivity contribution is -0.146. The minimum absolute atomic E-state index is 0.275. The summed E-state index contributed by atoms with van der Waals surface area (Å²) in [4.78, 5) is 16.2. The smallest absolute Gasteiger partial charge is 0.323 e. The highest BCUT2D eigenvalue weighted by Gasteiger charge is 2.32. The standard InChI is InChI=1S/C16H20ClN3O3/c1-16(2,3)13(15(21)22-4)18-9-12-19-14(20-23-12)10-5-7-11(17)8-6-10/h5-8,13,18H,9H2,1-4H3/t13-/m1/s1. The second-order valence-corrected chi connectivity index (χ2v) is 6.66. The molecule has 1 atom stereocenters. The lowest BCUT2D eigenvalue weighted by atomic mass is 9.87. The Morgan fingerprint density at radius 1 is 1.35 bits per heavy atom. The molecule has 0 aliphatic rings. The van der Waals surface area contributed by atoms with Gasteiger partial charge in [0.2, 0.25) is 11.7 Å². The molecule has 0 aliphatic carbocycles. The summed E-state index contributed by atoms with van der Waals surface area (Å²) in [7, 11) is 1.37. The van der Waals surface area contributed by atoms with Crippen molar-refractivity contribution in [3.63, 3.8) is 0 Å². The molecule has 1 heterocycles. The second-order valence-electron chi connectivity index (χ2n) is 6.22. The molecule has 1 aromatic heterocycles. The first-order valence-corrected chi connectivity index (χ1v) is 7.59. The number of halogens is 1. The number of esters is 1. The third-order valence-electron chi connectivity index (χ3n) is 3.33. The number of carbonyl (C=O) groups excluding carboxylic acids is 1. The van der Waals surface area contributed by atoms with Crippen molar-refractivity contribution in [1.82, 2.24) is 15.5 Å². The van der Waals surface area contributed by atoms with Crippen molar-refractivity contribution < 1.29 is 14.1 Å². The third-order valence-corrected chi connectivity index (χ3v) is 3.58. The van der Waals surface area contributed by atoms with Crippen LogP contribution in [0.4, 0.5) is 0 Å². The molecule has 0 amide bonds. The topological polar surface area (TPSA) is 77.2 Å². The number of hydrogen-bond acceptors (Lipinski definition) is 6. The van der Waals surface area contributed by atoms with E-state index in [1.165, 1.54) is 7.11 Å². The van der Waals surface area contributed by atoms with Gasteiger partial charge in [0.05, 0.1) is 13.7 Å². The van der Waals surface area contributed by atoms with E-state index in [2.05, 4.69) is 15.5 Å². The molecule has 2 aromatic rings. The van der Waals surface area contributed by atoms with E-state index in [0.29, 0.717) is 16.7 Å². The first-order chi connectivity index (χ1) is 10.8. The van der Waals surface area contributed by atoms with Crippen LogP contribution in [0.1, 0.15) is 26.7 Å². The van der Waals surface area contributed by atoms with E-state index < -0.39 is 6.04 Å². The first-order valence-electron chi connectivity index (χ1n) is 7.21. The maximum Gasteiger partial charge on any atom is 0.323 e. The van der Waals surface area contributed by atoms with Gasteiger partial charge in [-0.3, -0.25) is 10.1 Å². The van der Waals surface area contributed by atoms with Crippen molar-refractivity contribution in [2.75, 3.05) is 7.11 Å². The van der Waals surface area contributed by atoms with E-state index in [9.17, 15) is 4.79 Å². The van der Waals surface area contributed by atoms with Crippen molar-refractivity contribution >= 4 is 17.6 Å². The van der Waals surface area contributed by atoms with Gasteiger partial charge in [-0.05, 0) is 29.7 Å². The maximum absolute atomic E-state index is 11.9. The summed E-state index contributed by atoms with van der Waals surface area (Å²) < 4.78 is 10.0. The predicted molar refractivity (Wildman–Crippen MR) is 86.8 cm³/mol. The lowest BCUT2D eigenvalue weighted by Crippen LogP contribution is -2.46. The molecule has 0 aliphatic heterocycles. The lowest BCUT2D eigenvalue weighted by Gasteiger charge is -2.28. The highest BCUT2D eigenvalue weighted by molar-refractivity contribution is 6.30. The maximum atomic E-state index is 11.9. The van der Waals surface area contributed by atoms with Crippen molar-refractivity contribution in [1.29, 1.82) is 0 Å². The number of carbonyl (C=O) groups is 1. The Balaban J connectivity index is 2.06. The van der Waals surface area contributed by atoms with Gasteiger partial charge in [0.1, 0.15) is 6.04 Å². The van der Waals surface area contributed by atoms with Crippen LogP contribution in [0.2, 0.25) is 5.02 Å². The molecule has 7 heteroatoms. The van der Waals surface area contributed by atoms with E-state index in [4.69, 9.17) is 20.9 Å². The van der Waals surface area contributed by atoms with Crippen molar-refractivity contribution in [3.8, 4) is 11.4 Å². The van der Waals surface area contributed by atoms with E-state index in [-0.39, 0.29) is 17.9 Å². The number of nitrogens with one attached hydrogen (secondary N) is 1. The fraction of sp³-hybridized carbons (Fsp3) is 0.438. The zero-order valence-electron chi connectivity index (χ0n) is 13.6. The fourth-order valence-corrected chi connectivity index (χ4v) is 2.22. The van der Waals surface area contributed by atoms with Gasteiger partial charge in [-0.2, -0.15) is 4.98 Å². The van der Waals surface area contributed by atoms with Crippen molar-refractivity contribution in [2.45, 2.75) is 33.4 Å². The summed E-state index contributed by atoms with van der Waals surface area (Å²) in [5.74, 6) is 0.548. The zero-order valence-corrected chi connectivity index (χ0v) is 14.3. The number of methoxy groups -OCH3 is 1. The van der Waals surface area contributed by atoms with Crippen LogP contribution in [0.3, 0.4) is 0 Å². The summed E-state index contributed by atoms with van der Waals surface area (Å²) in [6.45, 7) is 6.13. The van der Waals surface area contributed by atoms with Gasteiger partial charge in [0.15, 0.2) is 0 Å². The fourth-order valence-electron chi connectivity index (χ4n) is 2.09. The quantitative estimate of drug-likeness (QED) is 0.845. The van der Waals surface area contributed by atoms with Crippen LogP contribution < -0.4 is 5.32 Å². The number of benzene rings is 1. The molecule has 0 saturated heterocycles. The zero-order chi connectivity index (χ0) is 17.0. The van der Waals surface area contributed by atoms with Gasteiger partial charge in [0.25, 0.3) is 0 Å². The Morgan fingerprint density at radius 2 is 2.00 bits per heavy atom. The van der Waals surface area contributed by atoms with Crippen LogP contribution in [0, 0.1) is 5.41 Å². The van der Waals surface area contributed by atoms with E-state index in [1.54, 1.807) is 12.1 Å². The molecule has 0 unspecified atom stereocenters. The van der Waals surface area contributed by atoms with Gasteiger partial charge in [0, 0.05) is 10.6 Å². The Kier molecular flexibility index (Phi) is 5.38. The highest BCUT2D eigenvalue weighted by atomic mass is 35.5. The monoisotopic (exact) mass is 337 g/mol. The van der Waals surface area contributed by atoms with Gasteiger partial charge in [-0.1, -0.05) is 37.5 Å². The van der Waals surface area contributed by atoms with Crippen LogP contribution in [0.5, 0.6) is 0 Å². The van der Waals surface area contributed by atoms with Gasteiger partial charge >= 0.3 is 5.97 Å². The van der Waals surface area contributed by atoms with E-state index in [1.807, 2.05) is 32.9 Å².